The van der Waals surface area contributed by atoms with Gasteiger partial charge in [-0.3, -0.25) is 19.3 Å². The lowest BCUT2D eigenvalue weighted by molar-refractivity contribution is -0.123. The normalized spacial score (nSPS) is 14.8. The van der Waals surface area contributed by atoms with Crippen molar-refractivity contribution in [2.45, 2.75) is 44.2 Å². The summed E-state index contributed by atoms with van der Waals surface area (Å²) in [5, 5.41) is 3.86. The van der Waals surface area contributed by atoms with E-state index in [2.05, 4.69) is 14.7 Å². The summed E-state index contributed by atoms with van der Waals surface area (Å²) in [5.41, 5.74) is 12.5. The van der Waals surface area contributed by atoms with Crippen LogP contribution in [0.25, 0.3) is 10.9 Å². The number of carbonyl (C=O) groups is 3. The Morgan fingerprint density at radius 3 is 2.58 bits per heavy atom. The molecule has 1 atom stereocenters. The van der Waals surface area contributed by atoms with E-state index in [1.165, 1.54) is 23.1 Å². The van der Waals surface area contributed by atoms with Crippen LogP contribution in [0.4, 0.5) is 15.8 Å². The number of nitrogens with one attached hydrogen (secondary N) is 2. The van der Waals surface area contributed by atoms with Gasteiger partial charge in [-0.1, -0.05) is 43.5 Å². The highest BCUT2D eigenvalue weighted by atomic mass is 32.1. The predicted octanol–water partition coefficient (Wildman–Crippen LogP) is 4.28. The number of H-pyrrole nitrogens is 1. The van der Waals surface area contributed by atoms with Gasteiger partial charge in [-0.15, -0.1) is 0 Å². The largest absolute Gasteiger partial charge is 0.395 e. The summed E-state index contributed by atoms with van der Waals surface area (Å²) >= 11 is 0.705. The van der Waals surface area contributed by atoms with Crippen LogP contribution < -0.4 is 21.7 Å². The topological polar surface area (TPSA) is 147 Å². The van der Waals surface area contributed by atoms with Crippen molar-refractivity contribution in [1.82, 2.24) is 14.7 Å². The maximum atomic E-state index is 14.5. The molecule has 2 aromatic carbocycles. The minimum atomic E-state index is -1.18. The number of fused-ring (bicyclic) bond motifs is 1. The Kier molecular flexibility index (Phi) is 7.10. The van der Waals surface area contributed by atoms with Crippen LogP contribution in [0.2, 0.25) is 0 Å². The summed E-state index contributed by atoms with van der Waals surface area (Å²) in [5.74, 6) is -2.57. The minimum Gasteiger partial charge on any atom is -0.395 e. The maximum Gasteiger partial charge on any atom is 0.273 e. The van der Waals surface area contributed by atoms with E-state index in [9.17, 15) is 18.8 Å². The number of aromatic amines is 1. The first-order valence-corrected chi connectivity index (χ1v) is 13.1. The van der Waals surface area contributed by atoms with Crippen molar-refractivity contribution in [3.8, 4) is 0 Å². The van der Waals surface area contributed by atoms with Gasteiger partial charge in [-0.05, 0) is 48.6 Å². The SMILES string of the molecule is NC(=O)c1nsc(C(=O)N(c2cccc(F)c2)C(C(=O)NC2CCCCC2)c2c[nH]c3ccccc23)c1N. The number of nitrogens with two attached hydrogens (primary N) is 2. The number of hydrogen-bond acceptors (Lipinski definition) is 6. The van der Waals surface area contributed by atoms with Crippen molar-refractivity contribution in [3.63, 3.8) is 0 Å². The number of aromatic nitrogens is 2. The molecule has 6 N–H and O–H groups in total. The lowest BCUT2D eigenvalue weighted by Gasteiger charge is -2.33. The molecule has 38 heavy (non-hydrogen) atoms. The molecule has 2 aromatic heterocycles. The predicted molar refractivity (Wildman–Crippen MR) is 144 cm³/mol. The molecule has 0 spiro atoms. The third-order valence-electron chi connectivity index (χ3n) is 6.83. The molecule has 2 heterocycles. The van der Waals surface area contributed by atoms with Gasteiger partial charge in [0, 0.05) is 34.4 Å². The van der Waals surface area contributed by atoms with Gasteiger partial charge in [-0.25, -0.2) is 4.39 Å². The van der Waals surface area contributed by atoms with Crippen molar-refractivity contribution in [2.75, 3.05) is 10.6 Å². The number of para-hydroxylation sites is 1. The van der Waals surface area contributed by atoms with Gasteiger partial charge in [0.2, 0.25) is 5.91 Å². The van der Waals surface area contributed by atoms with Crippen LogP contribution in [0.5, 0.6) is 0 Å². The van der Waals surface area contributed by atoms with E-state index in [1.54, 1.807) is 12.3 Å². The number of anilines is 2. The molecule has 0 radical (unpaired) electrons. The number of hydrogen-bond donors (Lipinski definition) is 4. The van der Waals surface area contributed by atoms with Gasteiger partial charge < -0.3 is 21.8 Å². The first-order chi connectivity index (χ1) is 18.3. The van der Waals surface area contributed by atoms with E-state index in [4.69, 9.17) is 11.5 Å². The summed E-state index contributed by atoms with van der Waals surface area (Å²) < 4.78 is 18.4. The van der Waals surface area contributed by atoms with E-state index in [1.807, 2.05) is 24.3 Å². The Balaban J connectivity index is 1.67. The third-order valence-corrected chi connectivity index (χ3v) is 7.69. The fourth-order valence-corrected chi connectivity index (χ4v) is 5.74. The van der Waals surface area contributed by atoms with Gasteiger partial charge >= 0.3 is 0 Å². The molecule has 1 aliphatic carbocycles. The lowest BCUT2D eigenvalue weighted by atomic mass is 9.94. The molecule has 1 fully saturated rings. The maximum absolute atomic E-state index is 14.5. The van der Waals surface area contributed by atoms with E-state index >= 15 is 0 Å². The van der Waals surface area contributed by atoms with Crippen LogP contribution in [0, 0.1) is 5.82 Å². The van der Waals surface area contributed by atoms with E-state index in [0.717, 1.165) is 43.0 Å². The van der Waals surface area contributed by atoms with Crippen molar-refractivity contribution in [1.29, 1.82) is 0 Å². The Bertz CT molecular complexity index is 1510. The second-order valence-electron chi connectivity index (χ2n) is 9.33. The number of carbonyl (C=O) groups excluding carboxylic acids is 3. The molecule has 5 rings (SSSR count). The van der Waals surface area contributed by atoms with Crippen LogP contribution in [-0.2, 0) is 4.79 Å². The van der Waals surface area contributed by atoms with Gasteiger partial charge in [0.05, 0.1) is 5.69 Å². The number of benzene rings is 2. The van der Waals surface area contributed by atoms with Gasteiger partial charge in [0.1, 0.15) is 16.7 Å². The molecule has 1 unspecified atom stereocenters. The quantitative estimate of drug-likeness (QED) is 0.279. The number of rotatable bonds is 7. The van der Waals surface area contributed by atoms with Gasteiger partial charge in [0.15, 0.2) is 5.69 Å². The molecule has 9 nitrogen and oxygen atoms in total. The van der Waals surface area contributed by atoms with Crippen LogP contribution in [-0.4, -0.2) is 33.1 Å². The second kappa shape index (κ2) is 10.6. The lowest BCUT2D eigenvalue weighted by Crippen LogP contribution is -2.47. The molecule has 1 saturated carbocycles. The molecule has 1 aliphatic rings. The summed E-state index contributed by atoms with van der Waals surface area (Å²) in [7, 11) is 0. The van der Waals surface area contributed by atoms with E-state index in [-0.39, 0.29) is 28.0 Å². The fourth-order valence-electron chi connectivity index (χ4n) is 4.99. The van der Waals surface area contributed by atoms with Crippen LogP contribution in [0.15, 0.2) is 54.7 Å². The Morgan fingerprint density at radius 2 is 1.87 bits per heavy atom. The second-order valence-corrected chi connectivity index (χ2v) is 10.1. The fraction of sp³-hybridized carbons (Fsp3) is 0.259. The highest BCUT2D eigenvalue weighted by Crippen LogP contribution is 2.36. The number of nitrogen functional groups attached to an aromatic ring is 1. The summed E-state index contributed by atoms with van der Waals surface area (Å²) in [6.45, 7) is 0. The number of nitrogens with zero attached hydrogens (tertiary/aromatic N) is 2. The number of amides is 3. The van der Waals surface area contributed by atoms with Gasteiger partial charge in [-0.2, -0.15) is 4.37 Å². The van der Waals surface area contributed by atoms with Crippen molar-refractivity contribution < 1.29 is 18.8 Å². The molecule has 4 aromatic rings. The highest BCUT2D eigenvalue weighted by Gasteiger charge is 2.38. The molecule has 3 amide bonds. The standard InChI is InChI=1S/C27H27FN6O3S/c28-15-7-6-10-17(13-15)34(27(37)24-21(29)22(25(30)35)33-38-24)23(26(36)32-16-8-2-1-3-9-16)19-14-31-20-12-5-4-11-18(19)20/h4-7,10-14,16,23,31H,1-3,8-9,29H2,(H2,30,35)(H,32,36). The summed E-state index contributed by atoms with van der Waals surface area (Å²) in [6.07, 6.45) is 6.47. The Morgan fingerprint density at radius 1 is 1.11 bits per heavy atom. The molecule has 11 heteroatoms. The zero-order chi connectivity index (χ0) is 26.8. The zero-order valence-electron chi connectivity index (χ0n) is 20.4. The molecular weight excluding hydrogens is 507 g/mol. The molecule has 196 valence electrons. The van der Waals surface area contributed by atoms with Gasteiger partial charge in [0.25, 0.3) is 11.8 Å². The molecule has 0 saturated heterocycles. The average molecular weight is 535 g/mol. The first-order valence-electron chi connectivity index (χ1n) is 12.4. The number of primary amides is 1. The van der Waals surface area contributed by atoms with E-state index in [0.29, 0.717) is 17.1 Å². The van der Waals surface area contributed by atoms with Crippen LogP contribution in [0.1, 0.15) is 63.9 Å². The van der Waals surface area contributed by atoms with Crippen molar-refractivity contribution in [3.05, 3.63) is 76.7 Å². The smallest absolute Gasteiger partial charge is 0.273 e. The highest BCUT2D eigenvalue weighted by molar-refractivity contribution is 7.09. The summed E-state index contributed by atoms with van der Waals surface area (Å²) in [6, 6.07) is 11.6. The van der Waals surface area contributed by atoms with Crippen molar-refractivity contribution >= 4 is 51.5 Å². The van der Waals surface area contributed by atoms with Crippen molar-refractivity contribution in [2.24, 2.45) is 5.73 Å². The first kappa shape index (κ1) is 25.4. The van der Waals surface area contributed by atoms with Crippen LogP contribution in [0.3, 0.4) is 0 Å². The van der Waals surface area contributed by atoms with Crippen LogP contribution >= 0.6 is 11.5 Å². The minimum absolute atomic E-state index is 0.0386. The van der Waals surface area contributed by atoms with E-state index < -0.39 is 29.6 Å². The third kappa shape index (κ3) is 4.84. The Labute approximate surface area is 222 Å². The molecule has 0 aliphatic heterocycles. The number of halogens is 1. The summed E-state index contributed by atoms with van der Waals surface area (Å²) in [4.78, 5) is 44.3. The average Bonchev–Trinajstić information content (AvgIpc) is 3.51. The monoisotopic (exact) mass is 534 g/mol. The molecule has 0 bridgehead atoms. The molecular formula is C27H27FN6O3S. The zero-order valence-corrected chi connectivity index (χ0v) is 21.3. The Hall–Kier alpha value is -4.25.